The molecule has 94 valence electrons. The summed E-state index contributed by atoms with van der Waals surface area (Å²) in [5.74, 6) is -0.749. The standard InChI is InChI=1S/C11H14Br2N2O2/c1-15(4-2-3-11(16)17)7-10-9(13)5-8(12)6-14-10/h5-6H,2-4,7H2,1H3,(H,16,17). The summed E-state index contributed by atoms with van der Waals surface area (Å²) in [4.78, 5) is 16.8. The van der Waals surface area contributed by atoms with Gasteiger partial charge in [0, 0.05) is 28.1 Å². The Kier molecular flexibility index (Phi) is 6.08. The lowest BCUT2D eigenvalue weighted by atomic mass is 10.3. The zero-order valence-electron chi connectivity index (χ0n) is 9.49. The van der Waals surface area contributed by atoms with E-state index >= 15 is 0 Å². The lowest BCUT2D eigenvalue weighted by Crippen LogP contribution is -2.20. The molecule has 0 atom stereocenters. The first kappa shape index (κ1) is 14.6. The molecule has 0 saturated carbocycles. The van der Waals surface area contributed by atoms with Gasteiger partial charge in [-0.25, -0.2) is 0 Å². The van der Waals surface area contributed by atoms with Gasteiger partial charge in [0.15, 0.2) is 0 Å². The Balaban J connectivity index is 2.44. The molecule has 0 fully saturated rings. The fraction of sp³-hybridized carbons (Fsp3) is 0.455. The number of rotatable bonds is 6. The van der Waals surface area contributed by atoms with Gasteiger partial charge in [-0.1, -0.05) is 0 Å². The molecule has 0 amide bonds. The molecular formula is C11H14Br2N2O2. The number of hydrogen-bond donors (Lipinski definition) is 1. The quantitative estimate of drug-likeness (QED) is 0.842. The second-order valence-corrected chi connectivity index (χ2v) is 5.59. The fourth-order valence-electron chi connectivity index (χ4n) is 1.39. The average molecular weight is 366 g/mol. The highest BCUT2D eigenvalue weighted by molar-refractivity contribution is 9.11. The molecule has 0 aromatic carbocycles. The van der Waals surface area contributed by atoms with Crippen LogP contribution >= 0.6 is 31.9 Å². The third kappa shape index (κ3) is 5.61. The van der Waals surface area contributed by atoms with E-state index in [1.54, 1.807) is 6.20 Å². The van der Waals surface area contributed by atoms with Gasteiger partial charge in [-0.05, 0) is 57.9 Å². The fourth-order valence-corrected chi connectivity index (χ4v) is 2.51. The number of aromatic nitrogens is 1. The van der Waals surface area contributed by atoms with Crippen molar-refractivity contribution in [2.45, 2.75) is 19.4 Å². The predicted octanol–water partition coefficient (Wildman–Crippen LogP) is 2.90. The molecule has 0 spiro atoms. The molecule has 1 rings (SSSR count). The van der Waals surface area contributed by atoms with Crippen molar-refractivity contribution in [3.05, 3.63) is 26.9 Å². The zero-order chi connectivity index (χ0) is 12.8. The molecule has 0 aliphatic rings. The normalized spacial score (nSPS) is 10.8. The maximum absolute atomic E-state index is 10.4. The summed E-state index contributed by atoms with van der Waals surface area (Å²) in [6, 6.07) is 1.95. The topological polar surface area (TPSA) is 53.4 Å². The molecule has 1 aromatic rings. The molecule has 0 radical (unpaired) electrons. The van der Waals surface area contributed by atoms with Crippen LogP contribution in [0.3, 0.4) is 0 Å². The Morgan fingerprint density at radius 1 is 1.53 bits per heavy atom. The minimum absolute atomic E-state index is 0.208. The summed E-state index contributed by atoms with van der Waals surface area (Å²) in [6.45, 7) is 1.45. The monoisotopic (exact) mass is 364 g/mol. The van der Waals surface area contributed by atoms with Crippen LogP contribution in [-0.2, 0) is 11.3 Å². The van der Waals surface area contributed by atoms with Gasteiger partial charge >= 0.3 is 5.97 Å². The molecule has 6 heteroatoms. The largest absolute Gasteiger partial charge is 0.481 e. The first-order valence-electron chi connectivity index (χ1n) is 5.19. The molecule has 17 heavy (non-hydrogen) atoms. The highest BCUT2D eigenvalue weighted by Crippen LogP contribution is 2.20. The van der Waals surface area contributed by atoms with Gasteiger partial charge in [-0.15, -0.1) is 0 Å². The number of hydrogen-bond acceptors (Lipinski definition) is 3. The Hall–Kier alpha value is -0.460. The van der Waals surface area contributed by atoms with E-state index in [9.17, 15) is 4.79 Å². The van der Waals surface area contributed by atoms with Crippen molar-refractivity contribution in [2.24, 2.45) is 0 Å². The molecular weight excluding hydrogens is 352 g/mol. The summed E-state index contributed by atoms with van der Waals surface area (Å²) < 4.78 is 1.89. The van der Waals surface area contributed by atoms with E-state index in [1.165, 1.54) is 0 Å². The molecule has 1 aromatic heterocycles. The second kappa shape index (κ2) is 7.08. The van der Waals surface area contributed by atoms with Crippen molar-refractivity contribution in [3.63, 3.8) is 0 Å². The summed E-state index contributed by atoms with van der Waals surface area (Å²) in [5, 5.41) is 8.55. The van der Waals surface area contributed by atoms with Gasteiger partial charge < -0.3 is 10.0 Å². The van der Waals surface area contributed by atoms with Crippen molar-refractivity contribution in [2.75, 3.05) is 13.6 Å². The first-order valence-corrected chi connectivity index (χ1v) is 6.78. The van der Waals surface area contributed by atoms with Gasteiger partial charge in [0.25, 0.3) is 0 Å². The molecule has 0 saturated heterocycles. The maximum atomic E-state index is 10.4. The molecule has 0 aliphatic heterocycles. The van der Waals surface area contributed by atoms with Crippen LogP contribution in [0.15, 0.2) is 21.2 Å². The van der Waals surface area contributed by atoms with Gasteiger partial charge in [0.05, 0.1) is 5.69 Å². The van der Waals surface area contributed by atoms with E-state index in [1.807, 2.05) is 13.1 Å². The van der Waals surface area contributed by atoms with E-state index < -0.39 is 5.97 Å². The highest BCUT2D eigenvalue weighted by Gasteiger charge is 2.07. The molecule has 4 nitrogen and oxygen atoms in total. The van der Waals surface area contributed by atoms with Gasteiger partial charge in [0.1, 0.15) is 0 Å². The summed E-state index contributed by atoms with van der Waals surface area (Å²) in [6.07, 6.45) is 2.62. The van der Waals surface area contributed by atoms with Crippen LogP contribution in [0.4, 0.5) is 0 Å². The Labute approximate surface area is 117 Å². The SMILES string of the molecule is CN(CCCC(=O)O)Cc1ncc(Br)cc1Br. The number of aliphatic carboxylic acids is 1. The number of carboxylic acid groups (broad SMARTS) is 1. The minimum Gasteiger partial charge on any atom is -0.481 e. The number of nitrogens with zero attached hydrogens (tertiary/aromatic N) is 2. The summed E-state index contributed by atoms with van der Waals surface area (Å²) >= 11 is 6.80. The first-order chi connectivity index (χ1) is 7.99. The summed E-state index contributed by atoms with van der Waals surface area (Å²) in [5.41, 5.74) is 0.950. The lowest BCUT2D eigenvalue weighted by molar-refractivity contribution is -0.137. The van der Waals surface area contributed by atoms with E-state index in [0.717, 1.165) is 21.2 Å². The molecule has 0 bridgehead atoms. The Morgan fingerprint density at radius 3 is 2.82 bits per heavy atom. The third-order valence-electron chi connectivity index (χ3n) is 2.23. The van der Waals surface area contributed by atoms with E-state index in [0.29, 0.717) is 13.0 Å². The highest BCUT2D eigenvalue weighted by atomic mass is 79.9. The zero-order valence-corrected chi connectivity index (χ0v) is 12.7. The third-order valence-corrected chi connectivity index (χ3v) is 3.35. The van der Waals surface area contributed by atoms with Crippen LogP contribution in [0.25, 0.3) is 0 Å². The van der Waals surface area contributed by atoms with E-state index in [2.05, 4.69) is 41.7 Å². The predicted molar refractivity (Wildman–Crippen MR) is 72.8 cm³/mol. The van der Waals surface area contributed by atoms with Crippen LogP contribution in [0.2, 0.25) is 0 Å². The Morgan fingerprint density at radius 2 is 2.24 bits per heavy atom. The lowest BCUT2D eigenvalue weighted by Gasteiger charge is -2.16. The average Bonchev–Trinajstić information content (AvgIpc) is 2.21. The van der Waals surface area contributed by atoms with Crippen molar-refractivity contribution >= 4 is 37.8 Å². The van der Waals surface area contributed by atoms with Crippen molar-refractivity contribution in [3.8, 4) is 0 Å². The maximum Gasteiger partial charge on any atom is 0.303 e. The van der Waals surface area contributed by atoms with Crippen LogP contribution < -0.4 is 0 Å². The molecule has 0 unspecified atom stereocenters. The molecule has 1 heterocycles. The van der Waals surface area contributed by atoms with E-state index in [-0.39, 0.29) is 6.42 Å². The van der Waals surface area contributed by atoms with Crippen LogP contribution in [0.5, 0.6) is 0 Å². The van der Waals surface area contributed by atoms with E-state index in [4.69, 9.17) is 5.11 Å². The number of carboxylic acids is 1. The van der Waals surface area contributed by atoms with Crippen molar-refractivity contribution in [1.82, 2.24) is 9.88 Å². The number of pyridine rings is 1. The van der Waals surface area contributed by atoms with Crippen LogP contribution in [0, 0.1) is 0 Å². The number of halogens is 2. The molecule has 0 aliphatic carbocycles. The second-order valence-electron chi connectivity index (χ2n) is 3.82. The smallest absolute Gasteiger partial charge is 0.303 e. The van der Waals surface area contributed by atoms with Gasteiger partial charge in [0.2, 0.25) is 0 Å². The van der Waals surface area contributed by atoms with Crippen molar-refractivity contribution in [1.29, 1.82) is 0 Å². The van der Waals surface area contributed by atoms with Crippen molar-refractivity contribution < 1.29 is 9.90 Å². The van der Waals surface area contributed by atoms with Gasteiger partial charge in [-0.2, -0.15) is 0 Å². The Bertz CT molecular complexity index is 399. The number of carbonyl (C=O) groups is 1. The summed E-state index contributed by atoms with van der Waals surface area (Å²) in [7, 11) is 1.96. The van der Waals surface area contributed by atoms with Crippen LogP contribution in [0.1, 0.15) is 18.5 Å². The van der Waals surface area contributed by atoms with Crippen LogP contribution in [-0.4, -0.2) is 34.6 Å². The minimum atomic E-state index is -0.749. The van der Waals surface area contributed by atoms with Gasteiger partial charge in [-0.3, -0.25) is 9.78 Å². The molecule has 1 N–H and O–H groups in total.